The monoisotopic (exact) mass is 631 g/mol. The molecule has 2 saturated carbocycles. The number of hydrogen-bond donors (Lipinski definition) is 4. The van der Waals surface area contributed by atoms with Gasteiger partial charge < -0.3 is 10.2 Å². The fourth-order valence-electron chi connectivity index (χ4n) is 7.72. The number of alkyl halides is 7. The first-order chi connectivity index (χ1) is 19.3. The molecule has 0 spiro atoms. The molecule has 1 aromatic carbocycles. The molecule has 238 valence electrons. The van der Waals surface area contributed by atoms with Crippen molar-refractivity contribution >= 4 is 16.0 Å². The van der Waals surface area contributed by atoms with Gasteiger partial charge in [-0.1, -0.05) is 31.6 Å². The Morgan fingerprint density at radius 3 is 2.40 bits per heavy atom. The first-order valence-electron chi connectivity index (χ1n) is 14.0. The van der Waals surface area contributed by atoms with E-state index in [9.17, 15) is 49.4 Å². The van der Waals surface area contributed by atoms with Gasteiger partial charge in [0.1, 0.15) is 6.10 Å². The topological polar surface area (TPSA) is 107 Å². The number of unbranched alkanes of at least 4 members (excludes halogenated alkanes) is 2. The molecule has 42 heavy (non-hydrogen) atoms. The van der Waals surface area contributed by atoms with Crippen LogP contribution in [0.2, 0.25) is 0 Å². The van der Waals surface area contributed by atoms with Crippen molar-refractivity contribution < 1.29 is 53.9 Å². The number of benzene rings is 1. The molecule has 0 radical (unpaired) electrons. The van der Waals surface area contributed by atoms with Gasteiger partial charge in [-0.3, -0.25) is 9.27 Å². The Labute approximate surface area is 240 Å². The summed E-state index contributed by atoms with van der Waals surface area (Å²) in [6.45, 7) is 2.08. The molecule has 3 unspecified atom stereocenters. The lowest BCUT2D eigenvalue weighted by Crippen LogP contribution is -2.57. The van der Waals surface area contributed by atoms with E-state index >= 15 is 0 Å². The van der Waals surface area contributed by atoms with Gasteiger partial charge in [-0.15, -0.1) is 0 Å². The van der Waals surface area contributed by atoms with Crippen LogP contribution in [0.15, 0.2) is 30.4 Å². The normalized spacial score (nSPS) is 31.0. The van der Waals surface area contributed by atoms with Crippen LogP contribution in [0.3, 0.4) is 0 Å². The maximum Gasteiger partial charge on any atom is 0.459 e. The van der Waals surface area contributed by atoms with Crippen molar-refractivity contribution in [1.29, 1.82) is 0 Å². The van der Waals surface area contributed by atoms with Crippen LogP contribution < -0.4 is 4.72 Å². The summed E-state index contributed by atoms with van der Waals surface area (Å²) < 4.78 is 125. The number of anilines is 1. The highest BCUT2D eigenvalue weighted by atomic mass is 32.2. The van der Waals surface area contributed by atoms with Gasteiger partial charge >= 0.3 is 28.3 Å². The van der Waals surface area contributed by atoms with E-state index < -0.39 is 47.0 Å². The van der Waals surface area contributed by atoms with Gasteiger partial charge in [0.2, 0.25) is 0 Å². The first-order valence-corrected chi connectivity index (χ1v) is 15.4. The second-order valence-corrected chi connectivity index (χ2v) is 13.4. The second-order valence-electron chi connectivity index (χ2n) is 12.2. The van der Waals surface area contributed by atoms with Gasteiger partial charge in [-0.25, -0.2) is 0 Å². The summed E-state index contributed by atoms with van der Waals surface area (Å²) in [5, 5.41) is 20.4. The van der Waals surface area contributed by atoms with Crippen molar-refractivity contribution in [2.24, 2.45) is 16.7 Å². The fraction of sp³-hybridized carbons (Fsp3) is 0.714. The number of allylic oxidation sites excluding steroid dienone is 2. The van der Waals surface area contributed by atoms with Crippen LogP contribution in [-0.2, 0) is 16.7 Å². The van der Waals surface area contributed by atoms with E-state index in [0.717, 1.165) is 30.4 Å². The minimum atomic E-state index is -6.49. The van der Waals surface area contributed by atoms with Crippen molar-refractivity contribution in [3.63, 3.8) is 0 Å². The van der Waals surface area contributed by atoms with Crippen LogP contribution >= 0.6 is 0 Å². The van der Waals surface area contributed by atoms with Gasteiger partial charge in [0.25, 0.3) is 0 Å². The molecule has 0 aliphatic heterocycles. The molecule has 14 heteroatoms. The third-order valence-corrected chi connectivity index (χ3v) is 10.4. The van der Waals surface area contributed by atoms with E-state index in [0.29, 0.717) is 25.7 Å². The summed E-state index contributed by atoms with van der Waals surface area (Å²) in [6, 6.07) is 5.10. The molecule has 0 aromatic heterocycles. The standard InChI is InChI=1S/C28H36F7NO5S/c1-24-14-12-20-19-8-7-18(36-42(39,40)41)16-17(19)11-15-25(20,21(24)9-10-22(24)37)13-5-3-2-4-6-23(38)26(29,30)27(31,32)28(33,34)35/h5,7-8,13,16,20-23,36-38H,2-4,6,9-12,14-15H2,1H3,(H,39,40,41)/t20?,21?,22-,23-,24-,25?/m0/s1. The van der Waals surface area contributed by atoms with E-state index in [-0.39, 0.29) is 41.2 Å². The van der Waals surface area contributed by atoms with Crippen LogP contribution in [-0.4, -0.2) is 53.4 Å². The van der Waals surface area contributed by atoms with Crippen molar-refractivity contribution in [2.45, 2.75) is 107 Å². The van der Waals surface area contributed by atoms with E-state index in [4.69, 9.17) is 4.55 Å². The number of fused-ring (bicyclic) bond motifs is 5. The molecule has 0 amide bonds. The van der Waals surface area contributed by atoms with Crippen LogP contribution in [0.25, 0.3) is 0 Å². The van der Waals surface area contributed by atoms with Gasteiger partial charge in [0.05, 0.1) is 11.8 Å². The number of hydrogen-bond acceptors (Lipinski definition) is 4. The zero-order chi connectivity index (χ0) is 31.4. The van der Waals surface area contributed by atoms with Crippen molar-refractivity contribution in [3.8, 4) is 0 Å². The summed E-state index contributed by atoms with van der Waals surface area (Å²) in [7, 11) is -4.45. The molecule has 0 heterocycles. The van der Waals surface area contributed by atoms with E-state index in [1.54, 1.807) is 12.1 Å². The summed E-state index contributed by atoms with van der Waals surface area (Å²) in [6.07, 6.45) is -2.60. The average Bonchev–Trinajstić information content (AvgIpc) is 3.18. The Balaban J connectivity index is 1.49. The van der Waals surface area contributed by atoms with Gasteiger partial charge in [-0.2, -0.15) is 39.2 Å². The second kappa shape index (κ2) is 11.2. The molecule has 4 rings (SSSR count). The number of nitrogens with one attached hydrogen (secondary N) is 1. The third kappa shape index (κ3) is 5.80. The first kappa shape index (κ1) is 33.0. The van der Waals surface area contributed by atoms with Crippen LogP contribution in [0.1, 0.15) is 81.8 Å². The predicted molar refractivity (Wildman–Crippen MR) is 141 cm³/mol. The highest BCUT2D eigenvalue weighted by Gasteiger charge is 2.75. The molecule has 2 fully saturated rings. The quantitative estimate of drug-likeness (QED) is 0.0984. The maximum atomic E-state index is 13.7. The van der Waals surface area contributed by atoms with E-state index in [2.05, 4.69) is 17.7 Å². The maximum absolute atomic E-state index is 13.7. The highest BCUT2D eigenvalue weighted by molar-refractivity contribution is 7.87. The van der Waals surface area contributed by atoms with Crippen LogP contribution in [0, 0.1) is 16.7 Å². The molecule has 6 nitrogen and oxygen atoms in total. The SMILES string of the molecule is C[C@]12CCC3c4ccc(NS(=O)(=O)O)cc4CCC3(C=CCCCC[C@H](O)C(F)(F)C(F)(F)C(F)(F)F)C1CC[C@@H]2O. The number of aliphatic hydroxyl groups excluding tert-OH is 2. The Bertz CT molecular complexity index is 1290. The Kier molecular flexibility index (Phi) is 8.82. The smallest absolute Gasteiger partial charge is 0.393 e. The average molecular weight is 632 g/mol. The molecule has 1 aromatic rings. The summed E-state index contributed by atoms with van der Waals surface area (Å²) in [5.74, 6) is -11.9. The lowest BCUT2D eigenvalue weighted by atomic mass is 9.47. The van der Waals surface area contributed by atoms with Crippen LogP contribution in [0.5, 0.6) is 0 Å². The van der Waals surface area contributed by atoms with Gasteiger partial charge in [0, 0.05) is 0 Å². The number of halogens is 7. The predicted octanol–water partition coefficient (Wildman–Crippen LogP) is 6.80. The van der Waals surface area contributed by atoms with Crippen LogP contribution in [0.4, 0.5) is 36.4 Å². The molecule has 3 aliphatic rings. The number of aliphatic hydroxyl groups is 2. The van der Waals surface area contributed by atoms with Crippen molar-refractivity contribution in [2.75, 3.05) is 4.72 Å². The molecule has 0 saturated heterocycles. The van der Waals surface area contributed by atoms with Gasteiger partial charge in [0.15, 0.2) is 0 Å². The highest BCUT2D eigenvalue weighted by Crippen LogP contribution is 2.67. The fourth-order valence-corrected chi connectivity index (χ4v) is 8.15. The minimum absolute atomic E-state index is 0.0331. The zero-order valence-corrected chi connectivity index (χ0v) is 23.8. The minimum Gasteiger partial charge on any atom is -0.393 e. The Morgan fingerprint density at radius 2 is 1.76 bits per heavy atom. The lowest BCUT2D eigenvalue weighted by molar-refractivity contribution is -0.371. The third-order valence-electron chi connectivity index (χ3n) is 9.87. The largest absolute Gasteiger partial charge is 0.459 e. The summed E-state index contributed by atoms with van der Waals surface area (Å²) in [4.78, 5) is 0. The van der Waals surface area contributed by atoms with Crippen molar-refractivity contribution in [1.82, 2.24) is 0 Å². The lowest BCUT2D eigenvalue weighted by Gasteiger charge is -2.57. The Morgan fingerprint density at radius 1 is 1.07 bits per heavy atom. The zero-order valence-electron chi connectivity index (χ0n) is 23.0. The Hall–Kier alpha value is -1.90. The molecule has 0 bridgehead atoms. The molecule has 6 atom stereocenters. The summed E-state index contributed by atoms with van der Waals surface area (Å²) >= 11 is 0. The number of aryl methyl sites for hydroxylation is 1. The van der Waals surface area contributed by atoms with Crippen molar-refractivity contribution in [3.05, 3.63) is 41.5 Å². The van der Waals surface area contributed by atoms with E-state index in [1.165, 1.54) is 0 Å². The molecule has 3 aliphatic carbocycles. The number of rotatable bonds is 10. The van der Waals surface area contributed by atoms with Gasteiger partial charge in [-0.05, 0) is 104 Å². The molecular formula is C28H36F7NO5S. The summed E-state index contributed by atoms with van der Waals surface area (Å²) in [5.41, 5.74) is 1.50. The van der Waals surface area contributed by atoms with E-state index in [1.807, 2.05) is 12.1 Å². The molecule has 4 N–H and O–H groups in total. The molecular weight excluding hydrogens is 595 g/mol.